The van der Waals surface area contributed by atoms with Crippen molar-refractivity contribution in [2.45, 2.75) is 45.1 Å². The molecule has 0 radical (unpaired) electrons. The molecule has 0 amide bonds. The van der Waals surface area contributed by atoms with Gasteiger partial charge in [0.2, 0.25) is 0 Å². The van der Waals surface area contributed by atoms with E-state index in [-0.39, 0.29) is 5.56 Å². The van der Waals surface area contributed by atoms with Crippen LogP contribution in [-0.4, -0.2) is 22.9 Å². The number of nitrogens with zero attached hydrogens (tertiary/aromatic N) is 1. The van der Waals surface area contributed by atoms with E-state index in [9.17, 15) is 17.6 Å². The summed E-state index contributed by atoms with van der Waals surface area (Å²) in [4.78, 5) is 0. The lowest BCUT2D eigenvalue weighted by Crippen LogP contribution is -2.41. The van der Waals surface area contributed by atoms with E-state index in [0.29, 0.717) is 0 Å². The Labute approximate surface area is 127 Å². The highest BCUT2D eigenvalue weighted by Crippen LogP contribution is 2.40. The van der Waals surface area contributed by atoms with E-state index in [1.807, 2.05) is 0 Å². The van der Waals surface area contributed by atoms with E-state index in [1.165, 1.54) is 19.3 Å². The van der Waals surface area contributed by atoms with Gasteiger partial charge in [0.1, 0.15) is 11.4 Å². The number of hydrogen-bond donors (Lipinski definition) is 0. The van der Waals surface area contributed by atoms with Crippen LogP contribution in [0.15, 0.2) is 18.0 Å². The predicted octanol–water partition coefficient (Wildman–Crippen LogP) is 3.99. The number of aryl methyl sites for hydroxylation is 1. The maximum Gasteiger partial charge on any atom is 0.525 e. The SMILES string of the molecule is Cn1ccc(C=C(F)B2OC(C)(C)C(C)(C)O2)c1C(F)(F)F. The molecule has 1 aliphatic rings. The first kappa shape index (κ1) is 17.1. The second-order valence-corrected chi connectivity index (χ2v) is 6.35. The standard InChI is InChI=1S/C14H18BF4NO2/c1-12(2)13(3,4)22-15(21-12)10(16)8-9-6-7-20(5)11(9)14(17,18)19/h6-8H,1-5H3. The van der Waals surface area contributed by atoms with Crippen LogP contribution in [0.3, 0.4) is 0 Å². The molecule has 122 valence electrons. The lowest BCUT2D eigenvalue weighted by molar-refractivity contribution is -0.143. The fraction of sp³-hybridized carbons (Fsp3) is 0.571. The maximum atomic E-state index is 14.3. The quantitative estimate of drug-likeness (QED) is 0.608. The molecular formula is C14H18BF4NO2. The average Bonchev–Trinajstić information content (AvgIpc) is 2.77. The molecule has 0 aliphatic carbocycles. The summed E-state index contributed by atoms with van der Waals surface area (Å²) < 4.78 is 65.1. The van der Waals surface area contributed by atoms with Gasteiger partial charge in [-0.15, -0.1) is 0 Å². The zero-order chi connectivity index (χ0) is 16.9. The zero-order valence-electron chi connectivity index (χ0n) is 13.1. The molecule has 2 heterocycles. The molecule has 1 fully saturated rings. The monoisotopic (exact) mass is 319 g/mol. The largest absolute Gasteiger partial charge is 0.525 e. The second kappa shape index (κ2) is 5.13. The molecule has 22 heavy (non-hydrogen) atoms. The van der Waals surface area contributed by atoms with Crippen LogP contribution >= 0.6 is 0 Å². The van der Waals surface area contributed by atoms with Crippen molar-refractivity contribution in [1.29, 1.82) is 0 Å². The normalized spacial score (nSPS) is 21.5. The molecule has 1 aromatic rings. The van der Waals surface area contributed by atoms with Crippen LogP contribution in [0.2, 0.25) is 0 Å². The Morgan fingerprint density at radius 3 is 2.14 bits per heavy atom. The molecule has 0 atom stereocenters. The van der Waals surface area contributed by atoms with Crippen molar-refractivity contribution in [2.75, 3.05) is 0 Å². The van der Waals surface area contributed by atoms with Crippen LogP contribution in [-0.2, 0) is 22.5 Å². The van der Waals surface area contributed by atoms with Gasteiger partial charge in [-0.2, -0.15) is 13.2 Å². The minimum Gasteiger partial charge on any atom is -0.398 e. The predicted molar refractivity (Wildman–Crippen MR) is 75.6 cm³/mol. The Bertz CT molecular complexity index is 588. The smallest absolute Gasteiger partial charge is 0.398 e. The zero-order valence-corrected chi connectivity index (χ0v) is 13.1. The molecule has 1 aliphatic heterocycles. The molecule has 0 unspecified atom stereocenters. The van der Waals surface area contributed by atoms with Gasteiger partial charge in [-0.05, 0) is 39.8 Å². The minimum absolute atomic E-state index is 0.262. The molecule has 2 rings (SSSR count). The topological polar surface area (TPSA) is 23.4 Å². The van der Waals surface area contributed by atoms with E-state index in [1.54, 1.807) is 27.7 Å². The highest BCUT2D eigenvalue weighted by atomic mass is 19.4. The van der Waals surface area contributed by atoms with E-state index >= 15 is 0 Å². The third-order valence-corrected chi connectivity index (χ3v) is 4.14. The van der Waals surface area contributed by atoms with Crippen molar-refractivity contribution in [3.05, 3.63) is 29.2 Å². The van der Waals surface area contributed by atoms with Crippen LogP contribution in [0.4, 0.5) is 17.6 Å². The summed E-state index contributed by atoms with van der Waals surface area (Å²) in [7, 11) is -0.0568. The van der Waals surface area contributed by atoms with Crippen molar-refractivity contribution in [3.8, 4) is 0 Å². The van der Waals surface area contributed by atoms with Gasteiger partial charge in [-0.25, -0.2) is 4.39 Å². The first-order chi connectivity index (χ1) is 9.85. The average molecular weight is 319 g/mol. The van der Waals surface area contributed by atoms with Crippen LogP contribution in [0, 0.1) is 0 Å². The van der Waals surface area contributed by atoms with Crippen molar-refractivity contribution in [2.24, 2.45) is 7.05 Å². The Hall–Kier alpha value is -1.28. The number of hydrogen-bond acceptors (Lipinski definition) is 2. The Morgan fingerprint density at radius 2 is 1.68 bits per heavy atom. The Balaban J connectivity index is 2.33. The number of alkyl halides is 3. The van der Waals surface area contributed by atoms with Gasteiger partial charge in [-0.1, -0.05) is 0 Å². The first-order valence-electron chi connectivity index (χ1n) is 6.80. The minimum atomic E-state index is -4.57. The van der Waals surface area contributed by atoms with Crippen LogP contribution < -0.4 is 0 Å². The highest BCUT2D eigenvalue weighted by Gasteiger charge is 2.53. The van der Waals surface area contributed by atoms with Gasteiger partial charge >= 0.3 is 13.3 Å². The lowest BCUT2D eigenvalue weighted by Gasteiger charge is -2.32. The summed E-state index contributed by atoms with van der Waals surface area (Å²) in [6.45, 7) is 6.96. The van der Waals surface area contributed by atoms with Gasteiger partial charge in [0, 0.05) is 18.8 Å². The first-order valence-corrected chi connectivity index (χ1v) is 6.80. The van der Waals surface area contributed by atoms with Crippen molar-refractivity contribution in [3.63, 3.8) is 0 Å². The molecule has 1 saturated heterocycles. The number of aromatic nitrogens is 1. The molecule has 8 heteroatoms. The molecule has 0 saturated carbocycles. The molecule has 0 aromatic carbocycles. The molecule has 0 spiro atoms. The molecule has 0 N–H and O–H groups in total. The third-order valence-electron chi connectivity index (χ3n) is 4.14. The maximum absolute atomic E-state index is 14.3. The van der Waals surface area contributed by atoms with Crippen LogP contribution in [0.5, 0.6) is 0 Å². The van der Waals surface area contributed by atoms with Crippen molar-refractivity contribution in [1.82, 2.24) is 4.57 Å². The summed E-state index contributed by atoms with van der Waals surface area (Å²) in [5.41, 5.74) is -3.59. The fourth-order valence-corrected chi connectivity index (χ4v) is 2.20. The Morgan fingerprint density at radius 1 is 1.18 bits per heavy atom. The second-order valence-electron chi connectivity index (χ2n) is 6.35. The lowest BCUT2D eigenvalue weighted by atomic mass is 9.87. The van der Waals surface area contributed by atoms with Gasteiger partial charge in [0.15, 0.2) is 0 Å². The molecule has 0 bridgehead atoms. The molecule has 1 aromatic heterocycles. The van der Waals surface area contributed by atoms with Gasteiger partial charge in [-0.3, -0.25) is 0 Å². The fourth-order valence-electron chi connectivity index (χ4n) is 2.20. The van der Waals surface area contributed by atoms with Gasteiger partial charge in [0.05, 0.1) is 11.2 Å². The third kappa shape index (κ3) is 2.94. The summed E-state index contributed by atoms with van der Waals surface area (Å²) in [6, 6.07) is 1.20. The number of halogens is 4. The summed E-state index contributed by atoms with van der Waals surface area (Å²) >= 11 is 0. The highest BCUT2D eigenvalue weighted by molar-refractivity contribution is 6.54. The van der Waals surface area contributed by atoms with E-state index in [0.717, 1.165) is 10.6 Å². The van der Waals surface area contributed by atoms with E-state index in [2.05, 4.69) is 0 Å². The van der Waals surface area contributed by atoms with Crippen LogP contribution in [0.25, 0.3) is 6.08 Å². The summed E-state index contributed by atoms with van der Waals surface area (Å²) in [5.74, 6) is 0. The molecular weight excluding hydrogens is 301 g/mol. The van der Waals surface area contributed by atoms with E-state index < -0.39 is 35.9 Å². The van der Waals surface area contributed by atoms with Gasteiger partial charge < -0.3 is 13.9 Å². The Kier molecular flexibility index (Phi) is 3.98. The van der Waals surface area contributed by atoms with Crippen molar-refractivity contribution >= 4 is 13.2 Å². The van der Waals surface area contributed by atoms with Crippen LogP contribution in [0.1, 0.15) is 39.0 Å². The summed E-state index contributed by atoms with van der Waals surface area (Å²) in [5, 5.41) is 0. The van der Waals surface area contributed by atoms with Gasteiger partial charge in [0.25, 0.3) is 0 Å². The summed E-state index contributed by atoms with van der Waals surface area (Å²) in [6.07, 6.45) is -2.53. The van der Waals surface area contributed by atoms with E-state index in [4.69, 9.17) is 9.31 Å². The number of rotatable bonds is 2. The molecule has 3 nitrogen and oxygen atoms in total. The van der Waals surface area contributed by atoms with Crippen molar-refractivity contribution < 1.29 is 26.9 Å².